The fourth-order valence-corrected chi connectivity index (χ4v) is 3.62. The molecule has 4 rings (SSSR count). The molecule has 0 radical (unpaired) electrons. The van der Waals surface area contributed by atoms with Crippen molar-refractivity contribution in [3.05, 3.63) is 99.6 Å². The second-order valence-electron chi connectivity index (χ2n) is 7.30. The van der Waals surface area contributed by atoms with Crippen LogP contribution in [0.4, 0.5) is 5.69 Å². The first-order valence-corrected chi connectivity index (χ1v) is 9.73. The van der Waals surface area contributed by atoms with Gasteiger partial charge in [0.2, 0.25) is 0 Å². The average Bonchev–Trinajstić information content (AvgIpc) is 2.77. The molecule has 3 aromatic rings. The van der Waals surface area contributed by atoms with Gasteiger partial charge in [0.1, 0.15) is 0 Å². The summed E-state index contributed by atoms with van der Waals surface area (Å²) in [4.78, 5) is 50.5. The third-order valence-corrected chi connectivity index (χ3v) is 5.39. The van der Waals surface area contributed by atoms with E-state index in [4.69, 9.17) is 4.74 Å². The Morgan fingerprint density at radius 3 is 2.19 bits per heavy atom. The van der Waals surface area contributed by atoms with Crippen LogP contribution in [0.1, 0.15) is 53.3 Å². The van der Waals surface area contributed by atoms with Gasteiger partial charge in [-0.1, -0.05) is 48.5 Å². The maximum atomic E-state index is 13.0. The lowest BCUT2D eigenvalue weighted by atomic mass is 9.83. The molecular weight excluding hydrogens is 394 g/mol. The van der Waals surface area contributed by atoms with Crippen molar-refractivity contribution in [1.29, 1.82) is 0 Å². The predicted molar refractivity (Wildman–Crippen MR) is 115 cm³/mol. The molecule has 0 unspecified atom stereocenters. The molecule has 1 aliphatic rings. The summed E-state index contributed by atoms with van der Waals surface area (Å²) < 4.78 is 5.14. The Bertz CT molecular complexity index is 1260. The van der Waals surface area contributed by atoms with Gasteiger partial charge in [-0.25, -0.2) is 4.79 Å². The first-order valence-electron chi connectivity index (χ1n) is 9.73. The van der Waals surface area contributed by atoms with Crippen molar-refractivity contribution in [3.8, 4) is 0 Å². The molecule has 0 saturated carbocycles. The van der Waals surface area contributed by atoms with Crippen LogP contribution < -0.4 is 5.32 Å². The number of carbonyl (C=O) groups excluding carboxylic acids is 4. The molecular formula is C25H19NO5. The molecule has 0 aliphatic heterocycles. The molecule has 31 heavy (non-hydrogen) atoms. The van der Waals surface area contributed by atoms with Crippen LogP contribution >= 0.6 is 0 Å². The molecule has 0 aromatic heterocycles. The number of rotatable bonds is 4. The predicted octanol–water partition coefficient (Wildman–Crippen LogP) is 3.87. The van der Waals surface area contributed by atoms with Crippen LogP contribution in [0, 0.1) is 13.8 Å². The monoisotopic (exact) mass is 413 g/mol. The van der Waals surface area contributed by atoms with Crippen molar-refractivity contribution >= 4 is 29.1 Å². The molecule has 1 aliphatic carbocycles. The van der Waals surface area contributed by atoms with Gasteiger partial charge in [-0.2, -0.15) is 0 Å². The lowest BCUT2D eigenvalue weighted by Gasteiger charge is -2.20. The number of ketones is 2. The maximum absolute atomic E-state index is 13.0. The van der Waals surface area contributed by atoms with Gasteiger partial charge in [0, 0.05) is 16.7 Å². The zero-order valence-corrected chi connectivity index (χ0v) is 17.0. The number of ether oxygens (including phenoxy) is 1. The average molecular weight is 413 g/mol. The fourth-order valence-electron chi connectivity index (χ4n) is 3.62. The lowest BCUT2D eigenvalue weighted by molar-refractivity contribution is -0.119. The summed E-state index contributed by atoms with van der Waals surface area (Å²) in [5.74, 6) is -1.83. The number of hydrogen-bond donors (Lipinski definition) is 1. The summed E-state index contributed by atoms with van der Waals surface area (Å²) in [5, 5.41) is 2.60. The number of aryl methyl sites for hydroxylation is 1. The second kappa shape index (κ2) is 7.99. The topological polar surface area (TPSA) is 89.5 Å². The number of nitrogens with one attached hydrogen (secondary N) is 1. The largest absolute Gasteiger partial charge is 0.452 e. The smallest absolute Gasteiger partial charge is 0.338 e. The van der Waals surface area contributed by atoms with Gasteiger partial charge in [0.15, 0.2) is 18.2 Å². The van der Waals surface area contributed by atoms with Crippen LogP contribution in [-0.2, 0) is 9.53 Å². The Kier molecular flexibility index (Phi) is 5.21. The van der Waals surface area contributed by atoms with Crippen LogP contribution in [-0.4, -0.2) is 30.0 Å². The van der Waals surface area contributed by atoms with Gasteiger partial charge in [-0.3, -0.25) is 14.4 Å². The minimum absolute atomic E-state index is 0.139. The molecule has 0 spiro atoms. The molecule has 1 amide bonds. The summed E-state index contributed by atoms with van der Waals surface area (Å²) >= 11 is 0. The second-order valence-corrected chi connectivity index (χ2v) is 7.30. The number of anilines is 1. The highest BCUT2D eigenvalue weighted by Gasteiger charge is 2.31. The minimum Gasteiger partial charge on any atom is -0.452 e. The van der Waals surface area contributed by atoms with Crippen LogP contribution in [0.15, 0.2) is 60.7 Å². The summed E-state index contributed by atoms with van der Waals surface area (Å²) in [6, 6.07) is 16.5. The van der Waals surface area contributed by atoms with E-state index in [1.165, 1.54) is 0 Å². The quantitative estimate of drug-likeness (QED) is 0.513. The molecule has 0 saturated heterocycles. The van der Waals surface area contributed by atoms with E-state index in [2.05, 4.69) is 5.32 Å². The van der Waals surface area contributed by atoms with Crippen molar-refractivity contribution in [2.45, 2.75) is 13.8 Å². The molecule has 154 valence electrons. The normalized spacial score (nSPS) is 12.1. The van der Waals surface area contributed by atoms with Gasteiger partial charge < -0.3 is 10.1 Å². The van der Waals surface area contributed by atoms with Crippen molar-refractivity contribution in [1.82, 2.24) is 0 Å². The number of hydrogen-bond acceptors (Lipinski definition) is 5. The SMILES string of the molecule is Cc1cccc(C(=O)OCC(=O)Nc2cccc3c2C(=O)c2ccccc2C3=O)c1C. The number of fused-ring (bicyclic) bond motifs is 2. The van der Waals surface area contributed by atoms with Crippen LogP contribution in [0.25, 0.3) is 0 Å². The van der Waals surface area contributed by atoms with Crippen LogP contribution in [0.2, 0.25) is 0 Å². The molecule has 3 aromatic carbocycles. The Hall–Kier alpha value is -4.06. The first-order chi connectivity index (χ1) is 14.9. The molecule has 0 atom stereocenters. The summed E-state index contributed by atoms with van der Waals surface area (Å²) in [6.07, 6.45) is 0. The molecule has 1 N–H and O–H groups in total. The van der Waals surface area contributed by atoms with Gasteiger partial charge in [-0.15, -0.1) is 0 Å². The molecule has 0 bridgehead atoms. The Morgan fingerprint density at radius 1 is 0.806 bits per heavy atom. The van der Waals surface area contributed by atoms with Crippen LogP contribution in [0.5, 0.6) is 0 Å². The molecule has 6 nitrogen and oxygen atoms in total. The third kappa shape index (κ3) is 3.64. The van der Waals surface area contributed by atoms with Gasteiger partial charge in [-0.05, 0) is 37.1 Å². The molecule has 0 heterocycles. The molecule has 0 fully saturated rings. The van der Waals surface area contributed by atoms with Crippen molar-refractivity contribution < 1.29 is 23.9 Å². The highest BCUT2D eigenvalue weighted by atomic mass is 16.5. The Morgan fingerprint density at radius 2 is 1.45 bits per heavy atom. The summed E-state index contributed by atoms with van der Waals surface area (Å²) in [7, 11) is 0. The highest BCUT2D eigenvalue weighted by Crippen LogP contribution is 2.31. The number of benzene rings is 3. The first kappa shape index (κ1) is 20.2. The van der Waals surface area contributed by atoms with Gasteiger partial charge >= 0.3 is 5.97 Å². The third-order valence-electron chi connectivity index (χ3n) is 5.39. The standard InChI is InChI=1S/C25H19NO5/c1-14-7-5-10-16(15(14)2)25(30)31-13-21(27)26-20-12-6-11-19-22(20)24(29)18-9-4-3-8-17(18)23(19)28/h3-12H,13H2,1-2H3,(H,26,27). The van der Waals surface area contributed by atoms with Crippen molar-refractivity contribution in [2.75, 3.05) is 11.9 Å². The summed E-state index contributed by atoms with van der Waals surface area (Å²) in [5.41, 5.74) is 3.33. The van der Waals surface area contributed by atoms with Crippen molar-refractivity contribution in [3.63, 3.8) is 0 Å². The zero-order chi connectivity index (χ0) is 22.1. The zero-order valence-electron chi connectivity index (χ0n) is 17.0. The maximum Gasteiger partial charge on any atom is 0.338 e. The fraction of sp³-hybridized carbons (Fsp3) is 0.120. The number of esters is 1. The van der Waals surface area contributed by atoms with E-state index in [1.807, 2.05) is 19.9 Å². The van der Waals surface area contributed by atoms with E-state index < -0.39 is 18.5 Å². The van der Waals surface area contributed by atoms with E-state index >= 15 is 0 Å². The van der Waals surface area contributed by atoms with E-state index in [9.17, 15) is 19.2 Å². The van der Waals surface area contributed by atoms with E-state index in [-0.39, 0.29) is 28.4 Å². The van der Waals surface area contributed by atoms with Crippen LogP contribution in [0.3, 0.4) is 0 Å². The minimum atomic E-state index is -0.605. The number of carbonyl (C=O) groups is 4. The Labute approximate surface area is 178 Å². The van der Waals surface area contributed by atoms with E-state index in [1.54, 1.807) is 54.6 Å². The molecule has 6 heteroatoms. The lowest BCUT2D eigenvalue weighted by Crippen LogP contribution is -2.26. The van der Waals surface area contributed by atoms with Gasteiger partial charge in [0.05, 0.1) is 16.8 Å². The highest BCUT2D eigenvalue weighted by molar-refractivity contribution is 6.30. The van der Waals surface area contributed by atoms with E-state index in [0.717, 1.165) is 11.1 Å². The summed E-state index contributed by atoms with van der Waals surface area (Å²) in [6.45, 7) is 3.17. The van der Waals surface area contributed by atoms with E-state index in [0.29, 0.717) is 16.7 Å². The Balaban J connectivity index is 1.52. The number of amides is 1. The van der Waals surface area contributed by atoms with Gasteiger partial charge in [0.25, 0.3) is 5.91 Å². The van der Waals surface area contributed by atoms with Crippen molar-refractivity contribution in [2.24, 2.45) is 0 Å².